The Hall–Kier alpha value is -0.550. The minimum absolute atomic E-state index is 0.0635. The van der Waals surface area contributed by atoms with Crippen molar-refractivity contribution in [2.75, 3.05) is 0 Å². The predicted molar refractivity (Wildman–Crippen MR) is 73.9 cm³/mol. The van der Waals surface area contributed by atoms with Gasteiger partial charge in [-0.15, -0.1) is 0 Å². The van der Waals surface area contributed by atoms with Crippen LogP contribution in [0.5, 0.6) is 0 Å². The van der Waals surface area contributed by atoms with E-state index in [4.69, 9.17) is 0 Å². The van der Waals surface area contributed by atoms with Crippen molar-refractivity contribution in [2.24, 2.45) is 0 Å². The Morgan fingerprint density at radius 1 is 0.938 bits per heavy atom. The third-order valence-electron chi connectivity index (χ3n) is 2.85. The molecule has 1 nitrogen and oxygen atoms in total. The number of hydrogen-bond acceptors (Lipinski definition) is 1. The van der Waals surface area contributed by atoms with E-state index in [2.05, 4.69) is 53.7 Å². The van der Waals surface area contributed by atoms with Crippen molar-refractivity contribution in [2.45, 2.75) is 52.4 Å². The van der Waals surface area contributed by atoms with E-state index in [0.29, 0.717) is 0 Å². The van der Waals surface area contributed by atoms with Crippen LogP contribution in [-0.4, -0.2) is 0 Å². The molecule has 0 bridgehead atoms. The first kappa shape index (κ1) is 13.5. The molecule has 1 aromatic carbocycles. The third-order valence-corrected chi connectivity index (χ3v) is 3.61. The van der Waals surface area contributed by atoms with Crippen LogP contribution in [0.2, 0.25) is 0 Å². The molecular formula is C14H23OP. The van der Waals surface area contributed by atoms with Crippen LogP contribution in [0.15, 0.2) is 18.2 Å². The molecule has 2 heteroatoms. The molecule has 90 valence electrons. The Morgan fingerprint density at radius 3 is 1.88 bits per heavy atom. The van der Waals surface area contributed by atoms with Crippen LogP contribution in [0.3, 0.4) is 0 Å². The quantitative estimate of drug-likeness (QED) is 0.682. The average Bonchev–Trinajstić information content (AvgIpc) is 2.14. The van der Waals surface area contributed by atoms with Gasteiger partial charge in [0.1, 0.15) is 0 Å². The predicted octanol–water partition coefficient (Wildman–Crippen LogP) is 3.66. The SMILES string of the molecule is CC(C)(C)c1ccc([PH2]=O)c(C(C)(C)C)c1. The highest BCUT2D eigenvalue weighted by Gasteiger charge is 2.21. The second-order valence-electron chi connectivity index (χ2n) is 6.42. The molecule has 0 aromatic heterocycles. The molecule has 1 aromatic rings. The highest BCUT2D eigenvalue weighted by molar-refractivity contribution is 7.34. The lowest BCUT2D eigenvalue weighted by molar-refractivity contribution is 0.569. The molecule has 1 unspecified atom stereocenters. The maximum Gasteiger partial charge on any atom is 0.0924 e. The van der Waals surface area contributed by atoms with E-state index in [0.717, 1.165) is 5.30 Å². The Morgan fingerprint density at radius 2 is 1.50 bits per heavy atom. The molecule has 1 rings (SSSR count). The van der Waals surface area contributed by atoms with Gasteiger partial charge in [0.15, 0.2) is 0 Å². The molecule has 0 spiro atoms. The third kappa shape index (κ3) is 2.98. The molecule has 16 heavy (non-hydrogen) atoms. The van der Waals surface area contributed by atoms with Crippen LogP contribution >= 0.6 is 8.46 Å². The fourth-order valence-corrected chi connectivity index (χ4v) is 2.59. The number of hydrogen-bond donors (Lipinski definition) is 0. The van der Waals surface area contributed by atoms with Crippen LogP contribution in [0, 0.1) is 0 Å². The molecule has 0 saturated heterocycles. The molecule has 0 N–H and O–H groups in total. The molecule has 0 fully saturated rings. The zero-order valence-electron chi connectivity index (χ0n) is 11.2. The number of benzene rings is 1. The second-order valence-corrected chi connectivity index (χ2v) is 7.28. The summed E-state index contributed by atoms with van der Waals surface area (Å²) in [6, 6.07) is 6.36. The van der Waals surface area contributed by atoms with E-state index in [1.54, 1.807) is 0 Å². The molecule has 0 saturated carbocycles. The van der Waals surface area contributed by atoms with Crippen molar-refractivity contribution in [3.63, 3.8) is 0 Å². The normalized spacial score (nSPS) is 13.6. The largest absolute Gasteiger partial charge is 0.325 e. The van der Waals surface area contributed by atoms with Gasteiger partial charge in [0.25, 0.3) is 0 Å². The molecular weight excluding hydrogens is 215 g/mol. The Kier molecular flexibility index (Phi) is 3.69. The minimum Gasteiger partial charge on any atom is -0.325 e. The summed E-state index contributed by atoms with van der Waals surface area (Å²) in [5.74, 6) is 0. The highest BCUT2D eigenvalue weighted by atomic mass is 31.1. The second kappa shape index (κ2) is 4.37. The van der Waals surface area contributed by atoms with E-state index in [1.807, 2.05) is 6.07 Å². The first-order valence-corrected chi connectivity index (χ1v) is 6.81. The van der Waals surface area contributed by atoms with E-state index in [9.17, 15) is 4.57 Å². The fourth-order valence-electron chi connectivity index (χ4n) is 1.78. The molecule has 1 atom stereocenters. The summed E-state index contributed by atoms with van der Waals surface area (Å²) in [5, 5.41) is 1.01. The summed E-state index contributed by atoms with van der Waals surface area (Å²) in [6.45, 7) is 13.1. The fraction of sp³-hybridized carbons (Fsp3) is 0.571. The summed E-state index contributed by atoms with van der Waals surface area (Å²) in [6.07, 6.45) is 0. The average molecular weight is 238 g/mol. The summed E-state index contributed by atoms with van der Waals surface area (Å²) < 4.78 is 11.2. The van der Waals surface area contributed by atoms with E-state index in [-0.39, 0.29) is 10.8 Å². The number of rotatable bonds is 1. The van der Waals surface area contributed by atoms with Crippen molar-refractivity contribution < 1.29 is 4.57 Å². The van der Waals surface area contributed by atoms with Crippen LogP contribution in [0.1, 0.15) is 52.7 Å². The van der Waals surface area contributed by atoms with Gasteiger partial charge in [-0.1, -0.05) is 59.7 Å². The molecule has 0 radical (unpaired) electrons. The monoisotopic (exact) mass is 238 g/mol. The minimum atomic E-state index is -0.848. The zero-order valence-corrected chi connectivity index (χ0v) is 12.4. The maximum absolute atomic E-state index is 11.2. The lowest BCUT2D eigenvalue weighted by atomic mass is 9.81. The first-order valence-electron chi connectivity index (χ1n) is 5.76. The van der Waals surface area contributed by atoms with E-state index >= 15 is 0 Å². The Bertz CT molecular complexity index is 394. The molecule has 0 aliphatic heterocycles. The zero-order chi connectivity index (χ0) is 12.6. The van der Waals surface area contributed by atoms with Crippen molar-refractivity contribution in [1.82, 2.24) is 0 Å². The van der Waals surface area contributed by atoms with Crippen molar-refractivity contribution in [1.29, 1.82) is 0 Å². The molecule has 0 aliphatic rings. The lowest BCUT2D eigenvalue weighted by Gasteiger charge is -2.26. The van der Waals surface area contributed by atoms with Crippen LogP contribution in [-0.2, 0) is 15.4 Å². The van der Waals surface area contributed by atoms with Crippen molar-refractivity contribution in [3.05, 3.63) is 29.3 Å². The maximum atomic E-state index is 11.2. The standard InChI is InChI=1S/C14H23OP/c1-13(2,3)10-7-8-12(16-15)11(9-10)14(4,5)6/h7-9H,16H2,1-6H3. The summed E-state index contributed by atoms with van der Waals surface area (Å²) >= 11 is 0. The Labute approximate surface area is 100 Å². The Balaban J connectivity index is 3.39. The summed E-state index contributed by atoms with van der Waals surface area (Å²) in [5.41, 5.74) is 2.75. The summed E-state index contributed by atoms with van der Waals surface area (Å²) in [7, 11) is -0.848. The smallest absolute Gasteiger partial charge is 0.0924 e. The topological polar surface area (TPSA) is 17.1 Å². The van der Waals surface area contributed by atoms with Gasteiger partial charge >= 0.3 is 0 Å². The van der Waals surface area contributed by atoms with Gasteiger partial charge in [0, 0.05) is 5.30 Å². The van der Waals surface area contributed by atoms with Gasteiger partial charge in [-0.2, -0.15) is 0 Å². The van der Waals surface area contributed by atoms with Gasteiger partial charge in [-0.05, 0) is 22.0 Å². The van der Waals surface area contributed by atoms with Crippen molar-refractivity contribution >= 4 is 13.8 Å². The summed E-state index contributed by atoms with van der Waals surface area (Å²) in [4.78, 5) is 0. The van der Waals surface area contributed by atoms with E-state index < -0.39 is 8.46 Å². The molecule has 0 aliphatic carbocycles. The van der Waals surface area contributed by atoms with Crippen LogP contribution in [0.25, 0.3) is 0 Å². The van der Waals surface area contributed by atoms with Crippen LogP contribution in [0.4, 0.5) is 0 Å². The van der Waals surface area contributed by atoms with Gasteiger partial charge in [-0.3, -0.25) is 0 Å². The van der Waals surface area contributed by atoms with Gasteiger partial charge in [0.05, 0.1) is 8.46 Å². The van der Waals surface area contributed by atoms with Gasteiger partial charge in [0.2, 0.25) is 0 Å². The van der Waals surface area contributed by atoms with Crippen molar-refractivity contribution in [3.8, 4) is 0 Å². The van der Waals surface area contributed by atoms with Gasteiger partial charge < -0.3 is 4.57 Å². The van der Waals surface area contributed by atoms with E-state index in [1.165, 1.54) is 11.1 Å². The lowest BCUT2D eigenvalue weighted by Crippen LogP contribution is -2.22. The van der Waals surface area contributed by atoms with Crippen LogP contribution < -0.4 is 5.30 Å². The highest BCUT2D eigenvalue weighted by Crippen LogP contribution is 2.28. The first-order chi connectivity index (χ1) is 7.16. The van der Waals surface area contributed by atoms with Gasteiger partial charge in [-0.25, -0.2) is 0 Å². The molecule has 0 heterocycles. The molecule has 0 amide bonds.